The molecule has 0 fully saturated rings. The van der Waals surface area contributed by atoms with E-state index >= 15 is 0 Å². The summed E-state index contributed by atoms with van der Waals surface area (Å²) in [5.74, 6) is 0.365. The van der Waals surface area contributed by atoms with E-state index in [9.17, 15) is 4.79 Å². The third-order valence-electron chi connectivity index (χ3n) is 2.51. The Morgan fingerprint density at radius 2 is 1.95 bits per heavy atom. The number of rotatable bonds is 6. The van der Waals surface area contributed by atoms with E-state index < -0.39 is 0 Å². The van der Waals surface area contributed by atoms with Crippen LogP contribution in [-0.4, -0.2) is 25.0 Å². The van der Waals surface area contributed by atoms with Crippen molar-refractivity contribution in [2.24, 2.45) is 10.7 Å². The molecule has 108 valence electrons. The van der Waals surface area contributed by atoms with Crippen molar-refractivity contribution in [1.29, 1.82) is 0 Å². The number of nitrogens with zero attached hydrogens (tertiary/aromatic N) is 1. The van der Waals surface area contributed by atoms with E-state index in [0.717, 1.165) is 17.7 Å². The van der Waals surface area contributed by atoms with Crippen LogP contribution in [0, 0.1) is 0 Å². The predicted molar refractivity (Wildman–Crippen MR) is 83.8 cm³/mol. The van der Waals surface area contributed by atoms with Gasteiger partial charge in [0.2, 0.25) is 5.91 Å². The smallest absolute Gasteiger partial charge is 0.221 e. The van der Waals surface area contributed by atoms with Crippen molar-refractivity contribution in [3.05, 3.63) is 42.0 Å². The van der Waals surface area contributed by atoms with Gasteiger partial charge in [-0.3, -0.25) is 4.79 Å². The summed E-state index contributed by atoms with van der Waals surface area (Å²) in [6, 6.07) is 7.73. The number of nitrogens with two attached hydrogens (primary N) is 1. The number of guanidine groups is 1. The molecule has 0 aliphatic carbocycles. The van der Waals surface area contributed by atoms with Crippen LogP contribution < -0.4 is 16.4 Å². The molecule has 5 nitrogen and oxygen atoms in total. The van der Waals surface area contributed by atoms with Crippen molar-refractivity contribution < 1.29 is 4.79 Å². The quantitative estimate of drug-likeness (QED) is 0.419. The molecule has 1 rings (SSSR count). The number of anilines is 1. The molecule has 0 aliphatic rings. The number of carbonyl (C=O) groups excluding carboxylic acids is 1. The Hall–Kier alpha value is -2.30. The van der Waals surface area contributed by atoms with Gasteiger partial charge in [0.1, 0.15) is 0 Å². The zero-order valence-electron chi connectivity index (χ0n) is 12.1. The fourth-order valence-corrected chi connectivity index (χ4v) is 1.57. The SMILES string of the molecule is C=C(C)CN=C(N)NCCc1ccc(NC(C)=O)cc1. The minimum absolute atomic E-state index is 0.0686. The van der Waals surface area contributed by atoms with Crippen LogP contribution in [0.4, 0.5) is 5.69 Å². The third-order valence-corrected chi connectivity index (χ3v) is 2.51. The second kappa shape index (κ2) is 7.99. The van der Waals surface area contributed by atoms with Crippen molar-refractivity contribution in [3.63, 3.8) is 0 Å². The van der Waals surface area contributed by atoms with Crippen molar-refractivity contribution in [2.45, 2.75) is 20.3 Å². The van der Waals surface area contributed by atoms with E-state index in [2.05, 4.69) is 22.2 Å². The lowest BCUT2D eigenvalue weighted by Crippen LogP contribution is -2.33. The minimum atomic E-state index is -0.0686. The molecule has 0 radical (unpaired) electrons. The van der Waals surface area contributed by atoms with Crippen LogP contribution in [0.3, 0.4) is 0 Å². The Bertz CT molecular complexity index is 491. The Kier molecular flexibility index (Phi) is 6.29. The van der Waals surface area contributed by atoms with Crippen LogP contribution >= 0.6 is 0 Å². The maximum atomic E-state index is 10.9. The first-order chi connectivity index (χ1) is 9.47. The number of amides is 1. The molecule has 0 heterocycles. The summed E-state index contributed by atoms with van der Waals surface area (Å²) in [7, 11) is 0. The molecule has 1 aromatic rings. The van der Waals surface area contributed by atoms with Gasteiger partial charge in [0.25, 0.3) is 0 Å². The monoisotopic (exact) mass is 274 g/mol. The van der Waals surface area contributed by atoms with Crippen molar-refractivity contribution in [2.75, 3.05) is 18.4 Å². The first-order valence-electron chi connectivity index (χ1n) is 6.52. The fourth-order valence-electron chi connectivity index (χ4n) is 1.57. The zero-order valence-corrected chi connectivity index (χ0v) is 12.1. The number of aliphatic imine (C=N–C) groups is 1. The van der Waals surface area contributed by atoms with Crippen LogP contribution in [0.25, 0.3) is 0 Å². The Labute approximate surface area is 120 Å². The standard InChI is InChI=1S/C15H22N4O/c1-11(2)10-18-15(16)17-9-8-13-4-6-14(7-5-13)19-12(3)20/h4-7H,1,8-10H2,2-3H3,(H,19,20)(H3,16,17,18). The Morgan fingerprint density at radius 1 is 1.30 bits per heavy atom. The molecule has 4 N–H and O–H groups in total. The van der Waals surface area contributed by atoms with E-state index in [1.54, 1.807) is 0 Å². The molecule has 0 bridgehead atoms. The van der Waals surface area contributed by atoms with E-state index in [-0.39, 0.29) is 5.91 Å². The topological polar surface area (TPSA) is 79.5 Å². The number of hydrogen-bond donors (Lipinski definition) is 3. The molecular formula is C15H22N4O. The highest BCUT2D eigenvalue weighted by molar-refractivity contribution is 5.88. The molecular weight excluding hydrogens is 252 g/mol. The average molecular weight is 274 g/mol. The number of carbonyl (C=O) groups is 1. The Balaban J connectivity index is 2.37. The highest BCUT2D eigenvalue weighted by Crippen LogP contribution is 2.09. The van der Waals surface area contributed by atoms with Gasteiger partial charge in [0.05, 0.1) is 6.54 Å². The van der Waals surface area contributed by atoms with Gasteiger partial charge in [0.15, 0.2) is 5.96 Å². The van der Waals surface area contributed by atoms with Crippen LogP contribution in [0.2, 0.25) is 0 Å². The molecule has 0 aromatic heterocycles. The number of nitrogens with one attached hydrogen (secondary N) is 2. The van der Waals surface area contributed by atoms with Gasteiger partial charge in [0, 0.05) is 19.2 Å². The van der Waals surface area contributed by atoms with Gasteiger partial charge in [-0.2, -0.15) is 0 Å². The summed E-state index contributed by atoms with van der Waals surface area (Å²) >= 11 is 0. The van der Waals surface area contributed by atoms with Gasteiger partial charge >= 0.3 is 0 Å². The maximum absolute atomic E-state index is 10.9. The molecule has 0 unspecified atom stereocenters. The van der Waals surface area contributed by atoms with E-state index in [1.807, 2.05) is 31.2 Å². The minimum Gasteiger partial charge on any atom is -0.370 e. The number of hydrogen-bond acceptors (Lipinski definition) is 2. The zero-order chi connectivity index (χ0) is 15.0. The second-order valence-corrected chi connectivity index (χ2v) is 4.71. The van der Waals surface area contributed by atoms with Crippen molar-refractivity contribution >= 4 is 17.6 Å². The molecule has 20 heavy (non-hydrogen) atoms. The van der Waals surface area contributed by atoms with Crippen LogP contribution in [0.15, 0.2) is 41.4 Å². The summed E-state index contributed by atoms with van der Waals surface area (Å²) in [4.78, 5) is 15.0. The molecule has 0 saturated heterocycles. The molecule has 1 amide bonds. The highest BCUT2D eigenvalue weighted by Gasteiger charge is 1.97. The predicted octanol–water partition coefficient (Wildman–Crippen LogP) is 1.67. The molecule has 0 aliphatic heterocycles. The summed E-state index contributed by atoms with van der Waals surface area (Å²) < 4.78 is 0. The van der Waals surface area contributed by atoms with Gasteiger partial charge in [-0.05, 0) is 31.0 Å². The molecule has 5 heteroatoms. The summed E-state index contributed by atoms with van der Waals surface area (Å²) in [6.07, 6.45) is 0.837. The highest BCUT2D eigenvalue weighted by atomic mass is 16.1. The third kappa shape index (κ3) is 6.58. The first-order valence-corrected chi connectivity index (χ1v) is 6.52. The molecule has 0 spiro atoms. The van der Waals surface area contributed by atoms with Gasteiger partial charge in [-0.15, -0.1) is 0 Å². The Morgan fingerprint density at radius 3 is 2.50 bits per heavy atom. The van der Waals surface area contributed by atoms with Gasteiger partial charge in [-0.25, -0.2) is 4.99 Å². The van der Waals surface area contributed by atoms with Crippen molar-refractivity contribution in [1.82, 2.24) is 5.32 Å². The largest absolute Gasteiger partial charge is 0.370 e. The summed E-state index contributed by atoms with van der Waals surface area (Å²) in [5, 5.41) is 5.78. The molecule has 0 atom stereocenters. The van der Waals surface area contributed by atoms with Crippen molar-refractivity contribution in [3.8, 4) is 0 Å². The first kappa shape index (κ1) is 15.8. The second-order valence-electron chi connectivity index (χ2n) is 4.71. The summed E-state index contributed by atoms with van der Waals surface area (Å²) in [5.41, 5.74) is 8.66. The molecule has 0 saturated carbocycles. The van der Waals surface area contributed by atoms with Gasteiger partial charge < -0.3 is 16.4 Å². The lowest BCUT2D eigenvalue weighted by atomic mass is 10.1. The fraction of sp³-hybridized carbons (Fsp3) is 0.333. The lowest BCUT2D eigenvalue weighted by Gasteiger charge is -2.07. The van der Waals surface area contributed by atoms with Gasteiger partial charge in [-0.1, -0.05) is 24.3 Å². The molecule has 1 aromatic carbocycles. The lowest BCUT2D eigenvalue weighted by molar-refractivity contribution is -0.114. The van der Waals surface area contributed by atoms with Crippen LogP contribution in [0.5, 0.6) is 0 Å². The van der Waals surface area contributed by atoms with Crippen LogP contribution in [-0.2, 0) is 11.2 Å². The van der Waals surface area contributed by atoms with Crippen LogP contribution in [0.1, 0.15) is 19.4 Å². The maximum Gasteiger partial charge on any atom is 0.221 e. The normalized spacial score (nSPS) is 11.0. The summed E-state index contributed by atoms with van der Waals surface area (Å²) in [6.45, 7) is 8.42. The number of benzene rings is 1. The average Bonchev–Trinajstić information content (AvgIpc) is 2.38. The van der Waals surface area contributed by atoms with E-state index in [1.165, 1.54) is 12.5 Å². The van der Waals surface area contributed by atoms with E-state index in [0.29, 0.717) is 19.0 Å². The van der Waals surface area contributed by atoms with E-state index in [4.69, 9.17) is 5.73 Å².